The van der Waals surface area contributed by atoms with Crippen molar-refractivity contribution in [1.82, 2.24) is 14.9 Å². The van der Waals surface area contributed by atoms with Crippen molar-refractivity contribution in [1.29, 1.82) is 0 Å². The first-order chi connectivity index (χ1) is 8.92. The molecule has 0 spiro atoms. The molecule has 3 N–H and O–H groups in total. The smallest absolute Gasteiger partial charge is 0.258 e. The molecule has 0 aromatic carbocycles. The third-order valence-electron chi connectivity index (χ3n) is 2.73. The molecule has 1 rings (SSSR count). The minimum Gasteiger partial charge on any atom is -0.392 e. The summed E-state index contributed by atoms with van der Waals surface area (Å²) in [4.78, 5) is 0. The number of rotatable bonds is 8. The van der Waals surface area contributed by atoms with Crippen LogP contribution < -0.4 is 4.72 Å². The van der Waals surface area contributed by atoms with E-state index in [9.17, 15) is 8.42 Å². The Morgan fingerprint density at radius 3 is 2.74 bits per heavy atom. The molecule has 1 heterocycles. The highest BCUT2D eigenvalue weighted by atomic mass is 32.2. The van der Waals surface area contributed by atoms with E-state index in [1.54, 1.807) is 0 Å². The lowest BCUT2D eigenvalue weighted by molar-refractivity contribution is 0.116. The first-order valence-electron chi connectivity index (χ1n) is 6.15. The van der Waals surface area contributed by atoms with Crippen LogP contribution in [0.5, 0.6) is 0 Å². The fraction of sp³-hybridized carbons (Fsp3) is 0.727. The molecule has 0 aliphatic heterocycles. The van der Waals surface area contributed by atoms with Gasteiger partial charge in [-0.1, -0.05) is 13.8 Å². The van der Waals surface area contributed by atoms with Gasteiger partial charge in [0.15, 0.2) is 5.03 Å². The molecule has 1 aromatic heterocycles. The highest BCUT2D eigenvalue weighted by Crippen LogP contribution is 2.14. The monoisotopic (exact) mass is 291 g/mol. The van der Waals surface area contributed by atoms with Crippen LogP contribution in [0.3, 0.4) is 0 Å². The van der Waals surface area contributed by atoms with Crippen molar-refractivity contribution in [2.45, 2.75) is 38.4 Å². The maximum absolute atomic E-state index is 12.2. The minimum atomic E-state index is -3.74. The Morgan fingerprint density at radius 1 is 1.53 bits per heavy atom. The van der Waals surface area contributed by atoms with Crippen LogP contribution in [0.4, 0.5) is 0 Å². The summed E-state index contributed by atoms with van der Waals surface area (Å²) in [7, 11) is -3.74. The molecule has 0 aliphatic carbocycles. The Labute approximate surface area is 113 Å². The molecule has 0 radical (unpaired) electrons. The van der Waals surface area contributed by atoms with E-state index in [1.165, 1.54) is 6.20 Å². The molecule has 1 aromatic rings. The topological polar surface area (TPSA) is 104 Å². The average molecular weight is 291 g/mol. The first-order valence-corrected chi connectivity index (χ1v) is 7.63. The molecule has 7 nitrogen and oxygen atoms in total. The number of sulfonamides is 1. The fourth-order valence-electron chi connectivity index (χ4n) is 1.51. The number of nitrogens with zero attached hydrogens (tertiary/aromatic N) is 1. The second-order valence-electron chi connectivity index (χ2n) is 4.51. The van der Waals surface area contributed by atoms with E-state index < -0.39 is 10.0 Å². The summed E-state index contributed by atoms with van der Waals surface area (Å²) in [6.07, 6.45) is 1.29. The Bertz CT molecular complexity index is 484. The van der Waals surface area contributed by atoms with Crippen LogP contribution in [-0.4, -0.2) is 43.0 Å². The maximum Gasteiger partial charge on any atom is 0.258 e. The zero-order valence-corrected chi connectivity index (χ0v) is 12.2. The third-order valence-corrected chi connectivity index (χ3v) is 4.23. The molecular weight excluding hydrogens is 270 g/mol. The van der Waals surface area contributed by atoms with Gasteiger partial charge in [-0.25, -0.2) is 13.1 Å². The molecule has 0 fully saturated rings. The van der Waals surface area contributed by atoms with Crippen LogP contribution in [0.2, 0.25) is 0 Å². The van der Waals surface area contributed by atoms with E-state index in [0.29, 0.717) is 13.2 Å². The minimum absolute atomic E-state index is 0.0850. The van der Waals surface area contributed by atoms with Gasteiger partial charge in [-0.05, 0) is 12.8 Å². The van der Waals surface area contributed by atoms with Crippen molar-refractivity contribution >= 4 is 10.0 Å². The van der Waals surface area contributed by atoms with Crippen molar-refractivity contribution in [3.05, 3.63) is 11.8 Å². The molecule has 0 amide bonds. The molecule has 1 unspecified atom stereocenters. The summed E-state index contributed by atoms with van der Waals surface area (Å²) in [6, 6.07) is -0.334. The number of H-pyrrole nitrogens is 1. The van der Waals surface area contributed by atoms with Crippen LogP contribution in [0, 0.1) is 5.92 Å². The van der Waals surface area contributed by atoms with E-state index in [4.69, 9.17) is 9.84 Å². The van der Waals surface area contributed by atoms with E-state index >= 15 is 0 Å². The van der Waals surface area contributed by atoms with Crippen molar-refractivity contribution in [2.75, 3.05) is 13.2 Å². The normalized spacial score (nSPS) is 13.9. The van der Waals surface area contributed by atoms with Gasteiger partial charge in [-0.2, -0.15) is 5.10 Å². The second-order valence-corrected chi connectivity index (χ2v) is 6.16. The lowest BCUT2D eigenvalue weighted by atomic mass is 10.1. The Kier molecular flexibility index (Phi) is 5.92. The van der Waals surface area contributed by atoms with Gasteiger partial charge in [0.05, 0.1) is 19.4 Å². The van der Waals surface area contributed by atoms with Crippen LogP contribution in [0.1, 0.15) is 26.3 Å². The highest BCUT2D eigenvalue weighted by Gasteiger charge is 2.26. The number of ether oxygens (including phenoxy) is 1. The molecule has 8 heteroatoms. The summed E-state index contributed by atoms with van der Waals surface area (Å²) < 4.78 is 32.2. The number of hydrogen-bond acceptors (Lipinski definition) is 5. The molecule has 0 saturated carbocycles. The summed E-state index contributed by atoms with van der Waals surface area (Å²) in [5.74, 6) is 0.0850. The van der Waals surface area contributed by atoms with Gasteiger partial charge in [-0.3, -0.25) is 5.10 Å². The standard InChI is InChI=1S/C11H21N3O4S/c1-4-18-7-10(8(2)3)14-19(16,17)11-9(6-15)5-12-13-11/h5,8,10,14-15H,4,6-7H2,1-3H3,(H,12,13). The molecule has 0 bridgehead atoms. The number of aliphatic hydroxyl groups is 1. The summed E-state index contributed by atoms with van der Waals surface area (Å²) in [6.45, 7) is 6.11. The van der Waals surface area contributed by atoms with E-state index in [2.05, 4.69) is 14.9 Å². The number of aliphatic hydroxyl groups excluding tert-OH is 1. The molecule has 0 aliphatic rings. The summed E-state index contributed by atoms with van der Waals surface area (Å²) >= 11 is 0. The van der Waals surface area contributed by atoms with Crippen molar-refractivity contribution < 1.29 is 18.3 Å². The lowest BCUT2D eigenvalue weighted by Crippen LogP contribution is -2.42. The molecular formula is C11H21N3O4S. The number of aromatic nitrogens is 2. The fourth-order valence-corrected chi connectivity index (χ4v) is 3.00. The van der Waals surface area contributed by atoms with Gasteiger partial charge in [0.25, 0.3) is 10.0 Å². The third kappa shape index (κ3) is 4.27. The first kappa shape index (κ1) is 16.1. The van der Waals surface area contributed by atoms with Crippen LogP contribution in [0.15, 0.2) is 11.2 Å². The van der Waals surface area contributed by atoms with Crippen LogP contribution in [-0.2, 0) is 21.4 Å². The van der Waals surface area contributed by atoms with E-state index in [0.717, 1.165) is 0 Å². The van der Waals surface area contributed by atoms with Crippen molar-refractivity contribution in [3.63, 3.8) is 0 Å². The van der Waals surface area contributed by atoms with E-state index in [1.807, 2.05) is 20.8 Å². The Hall–Kier alpha value is -0.960. The molecule has 1 atom stereocenters. The lowest BCUT2D eigenvalue weighted by Gasteiger charge is -2.21. The molecule has 0 saturated heterocycles. The maximum atomic E-state index is 12.2. The predicted molar refractivity (Wildman–Crippen MR) is 70.0 cm³/mol. The largest absolute Gasteiger partial charge is 0.392 e. The highest BCUT2D eigenvalue weighted by molar-refractivity contribution is 7.89. The van der Waals surface area contributed by atoms with Crippen molar-refractivity contribution in [3.8, 4) is 0 Å². The molecule has 19 heavy (non-hydrogen) atoms. The van der Waals surface area contributed by atoms with Gasteiger partial charge in [0.2, 0.25) is 0 Å². The summed E-state index contributed by atoms with van der Waals surface area (Å²) in [5, 5.41) is 15.0. The second kappa shape index (κ2) is 6.99. The van der Waals surface area contributed by atoms with Gasteiger partial charge in [0.1, 0.15) is 0 Å². The van der Waals surface area contributed by atoms with Gasteiger partial charge in [-0.15, -0.1) is 0 Å². The SMILES string of the molecule is CCOCC(NS(=O)(=O)c1[nH]ncc1CO)C(C)C. The van der Waals surface area contributed by atoms with Crippen molar-refractivity contribution in [2.24, 2.45) is 5.92 Å². The number of hydrogen-bond donors (Lipinski definition) is 3. The quantitative estimate of drug-likeness (QED) is 0.636. The predicted octanol–water partition coefficient (Wildman–Crippen LogP) is 0.241. The number of nitrogens with one attached hydrogen (secondary N) is 2. The van der Waals surface area contributed by atoms with Crippen LogP contribution in [0.25, 0.3) is 0 Å². The summed E-state index contributed by atoms with van der Waals surface area (Å²) in [5.41, 5.74) is 0.242. The van der Waals surface area contributed by atoms with Gasteiger partial charge in [0, 0.05) is 18.2 Å². The Morgan fingerprint density at radius 2 is 2.21 bits per heavy atom. The zero-order valence-electron chi connectivity index (χ0n) is 11.4. The Balaban J connectivity index is 2.88. The van der Waals surface area contributed by atoms with Gasteiger partial charge >= 0.3 is 0 Å². The van der Waals surface area contributed by atoms with E-state index in [-0.39, 0.29) is 29.2 Å². The average Bonchev–Trinajstić information content (AvgIpc) is 2.83. The zero-order chi connectivity index (χ0) is 14.5. The number of aromatic amines is 1. The molecule has 110 valence electrons. The van der Waals surface area contributed by atoms with Gasteiger partial charge < -0.3 is 9.84 Å². The van der Waals surface area contributed by atoms with Crippen LogP contribution >= 0.6 is 0 Å².